The summed E-state index contributed by atoms with van der Waals surface area (Å²) < 4.78 is 5.13. The number of hydrogen-bond acceptors (Lipinski definition) is 5. The van der Waals surface area contributed by atoms with Gasteiger partial charge in [0.2, 0.25) is 11.8 Å². The van der Waals surface area contributed by atoms with Crippen molar-refractivity contribution in [3.8, 4) is 6.07 Å². The zero-order valence-corrected chi connectivity index (χ0v) is 11.9. The van der Waals surface area contributed by atoms with Crippen LogP contribution in [0, 0.1) is 11.3 Å². The third kappa shape index (κ3) is 5.08. The van der Waals surface area contributed by atoms with Gasteiger partial charge in [-0.05, 0) is 13.3 Å². The molecule has 1 atom stereocenters. The van der Waals surface area contributed by atoms with Gasteiger partial charge in [-0.15, -0.1) is 0 Å². The van der Waals surface area contributed by atoms with Gasteiger partial charge in [0.05, 0.1) is 6.07 Å². The van der Waals surface area contributed by atoms with E-state index in [9.17, 15) is 4.79 Å². The summed E-state index contributed by atoms with van der Waals surface area (Å²) in [6, 6.07) is 1.50. The molecule has 6 nitrogen and oxygen atoms in total. The molecule has 1 aromatic heterocycles. The Morgan fingerprint density at radius 1 is 1.53 bits per heavy atom. The fraction of sp³-hybridized carbons (Fsp3) is 0.692. The first-order valence-corrected chi connectivity index (χ1v) is 6.35. The quantitative estimate of drug-likeness (QED) is 0.874. The number of carbonyl (C=O) groups excluding carboxylic acids is 1. The van der Waals surface area contributed by atoms with Crippen LogP contribution < -0.4 is 5.32 Å². The maximum Gasteiger partial charge on any atom is 0.226 e. The number of aryl methyl sites for hydroxylation is 1. The fourth-order valence-corrected chi connectivity index (χ4v) is 1.41. The number of amides is 1. The average molecular weight is 264 g/mol. The van der Waals surface area contributed by atoms with Crippen LogP contribution in [0.1, 0.15) is 52.3 Å². The van der Waals surface area contributed by atoms with E-state index >= 15 is 0 Å². The second-order valence-electron chi connectivity index (χ2n) is 5.53. The molecule has 0 aromatic carbocycles. The Kier molecular flexibility index (Phi) is 5.04. The van der Waals surface area contributed by atoms with Crippen LogP contribution in [0.2, 0.25) is 0 Å². The molecular weight excluding hydrogens is 244 g/mol. The molecule has 19 heavy (non-hydrogen) atoms. The van der Waals surface area contributed by atoms with E-state index in [-0.39, 0.29) is 11.3 Å². The second-order valence-corrected chi connectivity index (χ2v) is 5.53. The van der Waals surface area contributed by atoms with Crippen LogP contribution in [-0.4, -0.2) is 22.1 Å². The summed E-state index contributed by atoms with van der Waals surface area (Å²) >= 11 is 0. The van der Waals surface area contributed by atoms with Crippen LogP contribution in [0.5, 0.6) is 0 Å². The van der Waals surface area contributed by atoms with E-state index < -0.39 is 6.04 Å². The summed E-state index contributed by atoms with van der Waals surface area (Å²) in [4.78, 5) is 15.7. The van der Waals surface area contributed by atoms with Gasteiger partial charge in [0.1, 0.15) is 6.04 Å². The molecule has 0 aliphatic rings. The lowest BCUT2D eigenvalue weighted by Crippen LogP contribution is -2.31. The molecule has 0 aliphatic carbocycles. The highest BCUT2D eigenvalue weighted by atomic mass is 16.5. The highest BCUT2D eigenvalue weighted by molar-refractivity contribution is 5.76. The minimum atomic E-state index is -0.455. The van der Waals surface area contributed by atoms with Crippen LogP contribution in [-0.2, 0) is 16.6 Å². The maximum atomic E-state index is 11.4. The molecule has 0 bridgehead atoms. The molecule has 0 saturated heterocycles. The summed E-state index contributed by atoms with van der Waals surface area (Å²) in [6.07, 6.45) is 1.53. The molecule has 0 radical (unpaired) electrons. The van der Waals surface area contributed by atoms with E-state index in [0.717, 1.165) is 0 Å². The SMILES string of the molecule is C[C@@H](C#N)NC(=O)CCCc1nc(C(C)(C)C)no1. The van der Waals surface area contributed by atoms with Crippen molar-refractivity contribution in [3.63, 3.8) is 0 Å². The standard InChI is InChI=1S/C13H20N4O2/c1-9(8-14)15-10(18)6-5-7-11-16-12(17-19-11)13(2,3)4/h9H,5-7H2,1-4H3,(H,15,18)/t9-/m0/s1. The number of aromatic nitrogens is 2. The van der Waals surface area contributed by atoms with Gasteiger partial charge in [0.25, 0.3) is 0 Å². The van der Waals surface area contributed by atoms with Gasteiger partial charge in [-0.3, -0.25) is 4.79 Å². The van der Waals surface area contributed by atoms with Crippen molar-refractivity contribution in [2.24, 2.45) is 0 Å². The lowest BCUT2D eigenvalue weighted by Gasteiger charge is -2.10. The Hall–Kier alpha value is -1.90. The van der Waals surface area contributed by atoms with Gasteiger partial charge in [0, 0.05) is 18.3 Å². The normalized spacial score (nSPS) is 12.8. The van der Waals surface area contributed by atoms with Crippen LogP contribution in [0.25, 0.3) is 0 Å². The highest BCUT2D eigenvalue weighted by Gasteiger charge is 2.20. The number of nitrogens with zero attached hydrogens (tertiary/aromatic N) is 3. The maximum absolute atomic E-state index is 11.4. The molecule has 6 heteroatoms. The summed E-state index contributed by atoms with van der Waals surface area (Å²) in [5, 5.41) is 15.1. The predicted molar refractivity (Wildman–Crippen MR) is 69.2 cm³/mol. The van der Waals surface area contributed by atoms with Crippen molar-refractivity contribution in [2.75, 3.05) is 0 Å². The molecule has 0 saturated carbocycles. The molecule has 104 valence electrons. The average Bonchev–Trinajstić information content (AvgIpc) is 2.77. The molecule has 0 fully saturated rings. The van der Waals surface area contributed by atoms with Gasteiger partial charge in [-0.25, -0.2) is 0 Å². The number of hydrogen-bond donors (Lipinski definition) is 1. The molecule has 1 aromatic rings. The third-order valence-corrected chi connectivity index (χ3v) is 2.50. The lowest BCUT2D eigenvalue weighted by molar-refractivity contribution is -0.121. The first-order chi connectivity index (χ1) is 8.82. The van der Waals surface area contributed by atoms with Gasteiger partial charge in [-0.1, -0.05) is 25.9 Å². The van der Waals surface area contributed by atoms with Gasteiger partial charge < -0.3 is 9.84 Å². The summed E-state index contributed by atoms with van der Waals surface area (Å²) in [5.74, 6) is 1.08. The Morgan fingerprint density at radius 2 is 2.21 bits per heavy atom. The number of nitrogens with one attached hydrogen (secondary N) is 1. The van der Waals surface area contributed by atoms with Crippen molar-refractivity contribution in [3.05, 3.63) is 11.7 Å². The van der Waals surface area contributed by atoms with Crippen molar-refractivity contribution < 1.29 is 9.32 Å². The lowest BCUT2D eigenvalue weighted by atomic mass is 9.96. The van der Waals surface area contributed by atoms with Crippen molar-refractivity contribution in [2.45, 2.75) is 58.4 Å². The monoisotopic (exact) mass is 264 g/mol. The van der Waals surface area contributed by atoms with Crippen LogP contribution in [0.3, 0.4) is 0 Å². The Labute approximate surface area is 113 Å². The zero-order valence-electron chi connectivity index (χ0n) is 11.9. The van der Waals surface area contributed by atoms with E-state index in [1.54, 1.807) is 6.92 Å². The smallest absolute Gasteiger partial charge is 0.226 e. The van der Waals surface area contributed by atoms with E-state index in [0.29, 0.717) is 31.0 Å². The zero-order chi connectivity index (χ0) is 14.5. The largest absolute Gasteiger partial charge is 0.341 e. The van der Waals surface area contributed by atoms with Crippen LogP contribution in [0.4, 0.5) is 0 Å². The van der Waals surface area contributed by atoms with E-state index in [1.165, 1.54) is 0 Å². The molecule has 1 rings (SSSR count). The van der Waals surface area contributed by atoms with Gasteiger partial charge in [-0.2, -0.15) is 10.2 Å². The second kappa shape index (κ2) is 6.32. The molecule has 0 aliphatic heterocycles. The minimum Gasteiger partial charge on any atom is -0.341 e. The fourth-order valence-electron chi connectivity index (χ4n) is 1.41. The molecule has 1 heterocycles. The number of carbonyl (C=O) groups is 1. The first-order valence-electron chi connectivity index (χ1n) is 6.35. The third-order valence-electron chi connectivity index (χ3n) is 2.50. The molecule has 0 spiro atoms. The summed E-state index contributed by atoms with van der Waals surface area (Å²) in [6.45, 7) is 7.68. The topological polar surface area (TPSA) is 91.8 Å². The van der Waals surface area contributed by atoms with Gasteiger partial charge >= 0.3 is 0 Å². The molecular formula is C13H20N4O2. The molecule has 1 N–H and O–H groups in total. The van der Waals surface area contributed by atoms with E-state index in [1.807, 2.05) is 26.8 Å². The van der Waals surface area contributed by atoms with Crippen molar-refractivity contribution in [1.29, 1.82) is 5.26 Å². The summed E-state index contributed by atoms with van der Waals surface area (Å²) in [5.41, 5.74) is -0.138. The van der Waals surface area contributed by atoms with Gasteiger partial charge in [0.15, 0.2) is 5.82 Å². The predicted octanol–water partition coefficient (Wildman–Crippen LogP) is 1.72. The Bertz CT molecular complexity index is 468. The van der Waals surface area contributed by atoms with E-state index in [4.69, 9.17) is 9.78 Å². The minimum absolute atomic E-state index is 0.135. The van der Waals surface area contributed by atoms with E-state index in [2.05, 4.69) is 15.5 Å². The first kappa shape index (κ1) is 15.2. The molecule has 1 amide bonds. The number of rotatable bonds is 5. The van der Waals surface area contributed by atoms with Crippen LogP contribution >= 0.6 is 0 Å². The van der Waals surface area contributed by atoms with Crippen molar-refractivity contribution in [1.82, 2.24) is 15.5 Å². The number of nitriles is 1. The Balaban J connectivity index is 2.36. The van der Waals surface area contributed by atoms with Crippen molar-refractivity contribution >= 4 is 5.91 Å². The Morgan fingerprint density at radius 3 is 2.74 bits per heavy atom. The highest BCUT2D eigenvalue weighted by Crippen LogP contribution is 2.18. The molecule has 0 unspecified atom stereocenters. The summed E-state index contributed by atoms with van der Waals surface area (Å²) in [7, 11) is 0. The van der Waals surface area contributed by atoms with Crippen LogP contribution in [0.15, 0.2) is 4.52 Å².